The van der Waals surface area contributed by atoms with E-state index < -0.39 is 18.0 Å². The minimum absolute atomic E-state index is 0.0185. The van der Waals surface area contributed by atoms with Gasteiger partial charge in [0.25, 0.3) is 0 Å². The summed E-state index contributed by atoms with van der Waals surface area (Å²) >= 11 is 0. The van der Waals surface area contributed by atoms with Crippen LogP contribution in [0.1, 0.15) is 62.5 Å². The summed E-state index contributed by atoms with van der Waals surface area (Å²) in [7, 11) is 0. The number of nitrogens with one attached hydrogen (secondary N) is 2. The Bertz CT molecular complexity index is 1010. The monoisotopic (exact) mass is 464 g/mol. The summed E-state index contributed by atoms with van der Waals surface area (Å²) in [5, 5.41) is 15.0. The Hall–Kier alpha value is -3.35. The van der Waals surface area contributed by atoms with Crippen molar-refractivity contribution in [1.29, 1.82) is 0 Å². The standard InChI is InChI=1S/C27H32N2O5/c1-2-18(15-25(30)28-19-9-7-8-17(14-19)26(31)32)29-27(33)34-16-24-22-12-5-3-10-20(22)21-11-4-6-13-23(21)24/h3-6,10-13,17-19,24H,2,7-9,14-16H2,1H3,(H,28,30)(H,29,33)(H,31,32)/t17-,18+,19+/m1/s1. The van der Waals surface area contributed by atoms with Gasteiger partial charge >= 0.3 is 12.1 Å². The molecule has 0 aliphatic heterocycles. The van der Waals surface area contributed by atoms with Crippen LogP contribution in [0, 0.1) is 5.92 Å². The molecule has 0 aromatic heterocycles. The Morgan fingerprint density at radius 2 is 1.68 bits per heavy atom. The second-order valence-electron chi connectivity index (χ2n) is 9.25. The smallest absolute Gasteiger partial charge is 0.407 e. The number of amides is 2. The molecule has 0 unspecified atom stereocenters. The largest absolute Gasteiger partial charge is 0.481 e. The normalized spacial score (nSPS) is 20.0. The second-order valence-corrected chi connectivity index (χ2v) is 9.25. The highest BCUT2D eigenvalue weighted by Gasteiger charge is 2.30. The first-order valence-electron chi connectivity index (χ1n) is 12.1. The van der Waals surface area contributed by atoms with Gasteiger partial charge in [0, 0.05) is 24.4 Å². The number of carboxylic acids is 1. The van der Waals surface area contributed by atoms with Gasteiger partial charge in [-0.3, -0.25) is 9.59 Å². The molecule has 2 aliphatic rings. The van der Waals surface area contributed by atoms with Crippen LogP contribution >= 0.6 is 0 Å². The molecule has 0 saturated heterocycles. The van der Waals surface area contributed by atoms with Crippen molar-refractivity contribution in [3.05, 3.63) is 59.7 Å². The van der Waals surface area contributed by atoms with Gasteiger partial charge in [0.05, 0.1) is 5.92 Å². The summed E-state index contributed by atoms with van der Waals surface area (Å²) in [6.07, 6.45) is 2.86. The maximum absolute atomic E-state index is 12.6. The van der Waals surface area contributed by atoms with E-state index in [0.717, 1.165) is 24.0 Å². The highest BCUT2D eigenvalue weighted by atomic mass is 16.5. The summed E-state index contributed by atoms with van der Waals surface area (Å²) in [4.78, 5) is 36.3. The van der Waals surface area contributed by atoms with E-state index in [1.807, 2.05) is 31.2 Å². The number of alkyl carbamates (subject to hydrolysis) is 1. The summed E-state index contributed by atoms with van der Waals surface area (Å²) in [5.41, 5.74) is 4.64. The SMILES string of the molecule is CC[C@@H](CC(=O)N[C@H]1CCC[C@@H](C(=O)O)C1)NC(=O)OCC1c2ccccc2-c2ccccc21. The fourth-order valence-corrected chi connectivity index (χ4v) is 5.16. The van der Waals surface area contributed by atoms with Gasteiger partial charge in [-0.05, 0) is 47.9 Å². The molecule has 1 saturated carbocycles. The molecular formula is C27H32N2O5. The number of ether oxygens (including phenoxy) is 1. The third-order valence-corrected chi connectivity index (χ3v) is 6.98. The average molecular weight is 465 g/mol. The molecular weight excluding hydrogens is 432 g/mol. The van der Waals surface area contributed by atoms with E-state index in [-0.39, 0.29) is 36.9 Å². The van der Waals surface area contributed by atoms with Gasteiger partial charge in [0.15, 0.2) is 0 Å². The van der Waals surface area contributed by atoms with Crippen molar-refractivity contribution in [2.45, 2.75) is 63.5 Å². The molecule has 180 valence electrons. The highest BCUT2D eigenvalue weighted by molar-refractivity contribution is 5.80. The minimum atomic E-state index is -0.803. The molecule has 2 aliphatic carbocycles. The van der Waals surface area contributed by atoms with E-state index in [2.05, 4.69) is 34.9 Å². The van der Waals surface area contributed by atoms with Crippen molar-refractivity contribution in [2.24, 2.45) is 5.92 Å². The molecule has 7 heteroatoms. The van der Waals surface area contributed by atoms with Gasteiger partial charge in [-0.25, -0.2) is 4.79 Å². The van der Waals surface area contributed by atoms with E-state index in [1.54, 1.807) is 0 Å². The van der Waals surface area contributed by atoms with E-state index >= 15 is 0 Å². The van der Waals surface area contributed by atoms with Crippen molar-refractivity contribution < 1.29 is 24.2 Å². The van der Waals surface area contributed by atoms with Gasteiger partial charge in [-0.15, -0.1) is 0 Å². The Kier molecular flexibility index (Phi) is 7.50. The predicted molar refractivity (Wildman–Crippen MR) is 128 cm³/mol. The van der Waals surface area contributed by atoms with Crippen LogP contribution in [0.4, 0.5) is 4.79 Å². The summed E-state index contributed by atoms with van der Waals surface area (Å²) in [6.45, 7) is 2.13. The fourth-order valence-electron chi connectivity index (χ4n) is 5.16. The molecule has 34 heavy (non-hydrogen) atoms. The van der Waals surface area contributed by atoms with Crippen molar-refractivity contribution in [1.82, 2.24) is 10.6 Å². The van der Waals surface area contributed by atoms with Gasteiger partial charge in [-0.2, -0.15) is 0 Å². The maximum atomic E-state index is 12.6. The van der Waals surface area contributed by atoms with Gasteiger partial charge in [0.2, 0.25) is 5.91 Å². The molecule has 2 aromatic carbocycles. The maximum Gasteiger partial charge on any atom is 0.407 e. The first-order valence-corrected chi connectivity index (χ1v) is 12.1. The van der Waals surface area contributed by atoms with E-state index in [9.17, 15) is 19.5 Å². The minimum Gasteiger partial charge on any atom is -0.481 e. The summed E-state index contributed by atoms with van der Waals surface area (Å²) in [6, 6.07) is 15.8. The topological polar surface area (TPSA) is 105 Å². The fraction of sp³-hybridized carbons (Fsp3) is 0.444. The lowest BCUT2D eigenvalue weighted by atomic mass is 9.85. The van der Waals surface area contributed by atoms with Crippen LogP contribution in [0.3, 0.4) is 0 Å². The third-order valence-electron chi connectivity index (χ3n) is 6.98. The van der Waals surface area contributed by atoms with Crippen LogP contribution < -0.4 is 10.6 Å². The number of benzene rings is 2. The molecule has 2 aromatic rings. The number of carbonyl (C=O) groups is 3. The van der Waals surface area contributed by atoms with Gasteiger partial charge < -0.3 is 20.5 Å². The van der Waals surface area contributed by atoms with Crippen molar-refractivity contribution in [3.8, 4) is 11.1 Å². The molecule has 7 nitrogen and oxygen atoms in total. The van der Waals surface area contributed by atoms with Crippen LogP contribution in [0.5, 0.6) is 0 Å². The zero-order valence-corrected chi connectivity index (χ0v) is 19.5. The number of rotatable bonds is 8. The molecule has 4 rings (SSSR count). The molecule has 3 atom stereocenters. The predicted octanol–water partition coefficient (Wildman–Crippen LogP) is 4.45. The molecule has 0 bridgehead atoms. The lowest BCUT2D eigenvalue weighted by Crippen LogP contribution is -2.44. The average Bonchev–Trinajstić information content (AvgIpc) is 3.16. The molecule has 0 spiro atoms. The van der Waals surface area contributed by atoms with Gasteiger partial charge in [0.1, 0.15) is 6.61 Å². The zero-order valence-electron chi connectivity index (χ0n) is 19.5. The van der Waals surface area contributed by atoms with Crippen molar-refractivity contribution >= 4 is 18.0 Å². The van der Waals surface area contributed by atoms with Crippen molar-refractivity contribution in [2.75, 3.05) is 6.61 Å². The number of carbonyl (C=O) groups excluding carboxylic acids is 2. The molecule has 2 amide bonds. The molecule has 1 fully saturated rings. The Morgan fingerprint density at radius 1 is 1.03 bits per heavy atom. The Morgan fingerprint density at radius 3 is 2.29 bits per heavy atom. The van der Waals surface area contributed by atoms with Gasteiger partial charge in [-0.1, -0.05) is 61.9 Å². The number of fused-ring (bicyclic) bond motifs is 3. The van der Waals surface area contributed by atoms with E-state index in [1.165, 1.54) is 11.1 Å². The number of aliphatic carboxylic acids is 1. The van der Waals surface area contributed by atoms with E-state index in [4.69, 9.17) is 4.74 Å². The Labute approximate surface area is 199 Å². The van der Waals surface area contributed by atoms with Crippen LogP contribution in [-0.2, 0) is 14.3 Å². The molecule has 0 heterocycles. The van der Waals surface area contributed by atoms with Crippen LogP contribution in [0.25, 0.3) is 11.1 Å². The van der Waals surface area contributed by atoms with Crippen molar-refractivity contribution in [3.63, 3.8) is 0 Å². The summed E-state index contributed by atoms with van der Waals surface area (Å²) < 4.78 is 5.60. The second kappa shape index (κ2) is 10.7. The number of carboxylic acid groups (broad SMARTS) is 1. The quantitative estimate of drug-likeness (QED) is 0.535. The van der Waals surface area contributed by atoms with Crippen LogP contribution in [0.15, 0.2) is 48.5 Å². The summed E-state index contributed by atoms with van der Waals surface area (Å²) in [5.74, 6) is -1.40. The first kappa shape index (κ1) is 23.8. The van der Waals surface area contributed by atoms with E-state index in [0.29, 0.717) is 19.3 Å². The van der Waals surface area contributed by atoms with Crippen LogP contribution in [-0.4, -0.2) is 41.8 Å². The lowest BCUT2D eigenvalue weighted by molar-refractivity contribution is -0.143. The lowest BCUT2D eigenvalue weighted by Gasteiger charge is -2.28. The molecule has 0 radical (unpaired) electrons. The third kappa shape index (κ3) is 5.41. The van der Waals surface area contributed by atoms with Crippen LogP contribution in [0.2, 0.25) is 0 Å². The number of hydrogen-bond donors (Lipinski definition) is 3. The Balaban J connectivity index is 1.28. The zero-order chi connectivity index (χ0) is 24.1. The number of hydrogen-bond acceptors (Lipinski definition) is 4. The molecule has 3 N–H and O–H groups in total. The first-order chi connectivity index (χ1) is 16.5. The highest BCUT2D eigenvalue weighted by Crippen LogP contribution is 2.44.